The van der Waals surface area contributed by atoms with Gasteiger partial charge in [0.1, 0.15) is 10.3 Å². The van der Waals surface area contributed by atoms with Gasteiger partial charge in [0, 0.05) is 38.3 Å². The van der Waals surface area contributed by atoms with Crippen LogP contribution in [0.25, 0.3) is 0 Å². The van der Waals surface area contributed by atoms with Crippen LogP contribution in [0.15, 0.2) is 42.5 Å². The second-order valence-corrected chi connectivity index (χ2v) is 6.68. The Morgan fingerprint density at radius 1 is 1.00 bits per heavy atom. The zero-order chi connectivity index (χ0) is 16.9. The van der Waals surface area contributed by atoms with E-state index in [2.05, 4.69) is 34.1 Å². The highest BCUT2D eigenvalue weighted by molar-refractivity contribution is 6.33. The van der Waals surface area contributed by atoms with Crippen molar-refractivity contribution in [2.24, 2.45) is 0 Å². The maximum Gasteiger partial charge on any atom is 0.254 e. The number of amides is 1. The van der Waals surface area contributed by atoms with Crippen molar-refractivity contribution in [2.75, 3.05) is 26.2 Å². The smallest absolute Gasteiger partial charge is 0.254 e. The number of nitrogens with zero attached hydrogens (tertiary/aromatic N) is 3. The summed E-state index contributed by atoms with van der Waals surface area (Å²) in [5, 5.41) is 0.484. The average Bonchev–Trinajstić information content (AvgIpc) is 2.80. The molecule has 0 atom stereocenters. The molecule has 4 nitrogen and oxygen atoms in total. The van der Waals surface area contributed by atoms with Crippen molar-refractivity contribution in [3.05, 3.63) is 63.9 Å². The molecule has 126 valence electrons. The van der Waals surface area contributed by atoms with E-state index >= 15 is 0 Å². The van der Waals surface area contributed by atoms with Crippen LogP contribution in [0, 0.1) is 0 Å². The predicted octanol–water partition coefficient (Wildman–Crippen LogP) is 3.74. The topological polar surface area (TPSA) is 36.4 Å². The quantitative estimate of drug-likeness (QED) is 0.779. The average molecular weight is 364 g/mol. The van der Waals surface area contributed by atoms with Crippen LogP contribution in [0.5, 0.6) is 0 Å². The fraction of sp³-hybridized carbons (Fsp3) is 0.333. The molecule has 0 radical (unpaired) electrons. The molecule has 1 amide bonds. The van der Waals surface area contributed by atoms with Crippen LogP contribution in [-0.2, 0) is 6.54 Å². The molecule has 24 heavy (non-hydrogen) atoms. The SMILES string of the molecule is O=C(c1cc(Cl)nc(Cl)c1)N1CCCN(Cc2ccccc2)CC1. The number of benzene rings is 1. The van der Waals surface area contributed by atoms with E-state index in [0.29, 0.717) is 12.1 Å². The minimum Gasteiger partial charge on any atom is -0.337 e. The van der Waals surface area contributed by atoms with Crippen LogP contribution >= 0.6 is 23.2 Å². The van der Waals surface area contributed by atoms with Crippen molar-refractivity contribution >= 4 is 29.1 Å². The van der Waals surface area contributed by atoms with E-state index in [0.717, 1.165) is 32.6 Å². The lowest BCUT2D eigenvalue weighted by molar-refractivity contribution is 0.0761. The van der Waals surface area contributed by atoms with Crippen LogP contribution in [0.2, 0.25) is 10.3 Å². The van der Waals surface area contributed by atoms with Gasteiger partial charge in [-0.1, -0.05) is 53.5 Å². The second-order valence-electron chi connectivity index (χ2n) is 5.91. The molecule has 1 aliphatic heterocycles. The van der Waals surface area contributed by atoms with E-state index in [4.69, 9.17) is 23.2 Å². The van der Waals surface area contributed by atoms with Gasteiger partial charge in [0.25, 0.3) is 5.91 Å². The molecule has 0 spiro atoms. The number of carbonyl (C=O) groups excluding carboxylic acids is 1. The van der Waals surface area contributed by atoms with Gasteiger partial charge in [0.05, 0.1) is 0 Å². The Morgan fingerprint density at radius 3 is 2.42 bits per heavy atom. The Morgan fingerprint density at radius 2 is 1.71 bits per heavy atom. The van der Waals surface area contributed by atoms with Gasteiger partial charge in [-0.15, -0.1) is 0 Å². The van der Waals surface area contributed by atoms with Gasteiger partial charge >= 0.3 is 0 Å². The first-order valence-corrected chi connectivity index (χ1v) is 8.76. The molecular formula is C18H19Cl2N3O. The van der Waals surface area contributed by atoms with Gasteiger partial charge in [-0.3, -0.25) is 9.69 Å². The second kappa shape index (κ2) is 7.97. The normalized spacial score (nSPS) is 16.0. The van der Waals surface area contributed by atoms with E-state index in [1.807, 2.05) is 11.0 Å². The fourth-order valence-corrected chi connectivity index (χ4v) is 3.41. The fourth-order valence-electron chi connectivity index (χ4n) is 2.94. The highest BCUT2D eigenvalue weighted by atomic mass is 35.5. The molecule has 0 aliphatic carbocycles. The summed E-state index contributed by atoms with van der Waals surface area (Å²) >= 11 is 11.8. The molecule has 1 aliphatic rings. The molecule has 2 heterocycles. The van der Waals surface area contributed by atoms with Crippen LogP contribution in [0.3, 0.4) is 0 Å². The number of aromatic nitrogens is 1. The third-order valence-corrected chi connectivity index (χ3v) is 4.52. The molecule has 1 saturated heterocycles. The van der Waals surface area contributed by atoms with Crippen LogP contribution in [0.4, 0.5) is 0 Å². The maximum atomic E-state index is 12.7. The third-order valence-electron chi connectivity index (χ3n) is 4.13. The third kappa shape index (κ3) is 4.47. The zero-order valence-electron chi connectivity index (χ0n) is 13.3. The van der Waals surface area contributed by atoms with E-state index in [1.54, 1.807) is 12.1 Å². The van der Waals surface area contributed by atoms with Crippen LogP contribution in [-0.4, -0.2) is 46.9 Å². The van der Waals surface area contributed by atoms with Crippen molar-refractivity contribution in [3.8, 4) is 0 Å². The first kappa shape index (κ1) is 17.2. The summed E-state index contributed by atoms with van der Waals surface area (Å²) in [5.74, 6) is -0.0391. The molecule has 1 aromatic carbocycles. The highest BCUT2D eigenvalue weighted by Crippen LogP contribution is 2.17. The van der Waals surface area contributed by atoms with E-state index in [-0.39, 0.29) is 16.2 Å². The van der Waals surface area contributed by atoms with Gasteiger partial charge in [-0.2, -0.15) is 0 Å². The Hall–Kier alpha value is -1.62. The lowest BCUT2D eigenvalue weighted by atomic mass is 10.2. The van der Waals surface area contributed by atoms with Gasteiger partial charge in [-0.05, 0) is 24.1 Å². The van der Waals surface area contributed by atoms with Gasteiger partial charge in [0.15, 0.2) is 0 Å². The molecule has 0 unspecified atom stereocenters. The largest absolute Gasteiger partial charge is 0.337 e. The molecular weight excluding hydrogens is 345 g/mol. The van der Waals surface area contributed by atoms with Crippen molar-refractivity contribution in [1.29, 1.82) is 0 Å². The van der Waals surface area contributed by atoms with Crippen LogP contribution in [0.1, 0.15) is 22.3 Å². The first-order chi connectivity index (χ1) is 11.6. The standard InChI is InChI=1S/C18H19Cl2N3O/c19-16-11-15(12-17(20)21-16)18(24)23-8-4-7-22(9-10-23)13-14-5-2-1-3-6-14/h1-3,5-6,11-12H,4,7-10,13H2. The number of halogens is 2. The Kier molecular flexibility index (Phi) is 5.72. The number of hydrogen-bond acceptors (Lipinski definition) is 3. The lowest BCUT2D eigenvalue weighted by Crippen LogP contribution is -2.35. The summed E-state index contributed by atoms with van der Waals surface area (Å²) in [5.41, 5.74) is 1.79. The maximum absolute atomic E-state index is 12.7. The van der Waals surface area contributed by atoms with Crippen molar-refractivity contribution in [2.45, 2.75) is 13.0 Å². The van der Waals surface area contributed by atoms with Crippen molar-refractivity contribution in [1.82, 2.24) is 14.8 Å². The van der Waals surface area contributed by atoms with Crippen molar-refractivity contribution < 1.29 is 4.79 Å². The molecule has 0 bridgehead atoms. The summed E-state index contributed by atoms with van der Waals surface area (Å²) in [4.78, 5) is 20.8. The van der Waals surface area contributed by atoms with E-state index in [9.17, 15) is 4.79 Å². The summed E-state index contributed by atoms with van der Waals surface area (Å²) in [7, 11) is 0. The molecule has 6 heteroatoms. The highest BCUT2D eigenvalue weighted by Gasteiger charge is 2.21. The van der Waals surface area contributed by atoms with Gasteiger partial charge in [0.2, 0.25) is 0 Å². The summed E-state index contributed by atoms with van der Waals surface area (Å²) in [6.45, 7) is 4.18. The lowest BCUT2D eigenvalue weighted by Gasteiger charge is -2.22. The van der Waals surface area contributed by atoms with E-state index < -0.39 is 0 Å². The number of carbonyl (C=O) groups is 1. The first-order valence-electron chi connectivity index (χ1n) is 8.00. The monoisotopic (exact) mass is 363 g/mol. The molecule has 1 fully saturated rings. The minimum atomic E-state index is -0.0391. The van der Waals surface area contributed by atoms with Gasteiger partial charge in [-0.25, -0.2) is 4.98 Å². The van der Waals surface area contributed by atoms with E-state index in [1.165, 1.54) is 5.56 Å². The summed E-state index contributed by atoms with van der Waals surface area (Å²) < 4.78 is 0. The molecule has 1 aromatic heterocycles. The van der Waals surface area contributed by atoms with Gasteiger partial charge < -0.3 is 4.90 Å². The number of hydrogen-bond donors (Lipinski definition) is 0. The Labute approximate surface area is 152 Å². The van der Waals surface area contributed by atoms with Crippen LogP contribution < -0.4 is 0 Å². The molecule has 0 N–H and O–H groups in total. The molecule has 0 saturated carbocycles. The number of pyridine rings is 1. The zero-order valence-corrected chi connectivity index (χ0v) is 14.8. The Balaban J connectivity index is 1.63. The summed E-state index contributed by atoms with van der Waals surface area (Å²) in [6.07, 6.45) is 0.950. The Bertz CT molecular complexity index is 688. The predicted molar refractivity (Wildman–Crippen MR) is 96.5 cm³/mol. The summed E-state index contributed by atoms with van der Waals surface area (Å²) in [6, 6.07) is 13.5. The molecule has 2 aromatic rings. The van der Waals surface area contributed by atoms with Crippen molar-refractivity contribution in [3.63, 3.8) is 0 Å². The minimum absolute atomic E-state index is 0.0391. The molecule has 3 rings (SSSR count). The number of rotatable bonds is 3.